The molecule has 0 saturated heterocycles. The van der Waals surface area contributed by atoms with Gasteiger partial charge in [-0.15, -0.1) is 0 Å². The molecule has 3 aromatic carbocycles. The monoisotopic (exact) mass is 512 g/mol. The quantitative estimate of drug-likeness (QED) is 0.272. The fourth-order valence-electron chi connectivity index (χ4n) is 3.16. The van der Waals surface area contributed by atoms with E-state index in [0.29, 0.717) is 0 Å². The van der Waals surface area contributed by atoms with E-state index in [-0.39, 0.29) is 12.4 Å². The summed E-state index contributed by atoms with van der Waals surface area (Å²) in [4.78, 5) is 2.38. The van der Waals surface area contributed by atoms with Crippen molar-refractivity contribution in [2.24, 2.45) is 17.3 Å². The van der Waals surface area contributed by atoms with Crippen molar-refractivity contribution >= 4 is 43.8 Å². The highest BCUT2D eigenvalue weighted by atomic mass is 79.9. The summed E-state index contributed by atoms with van der Waals surface area (Å²) in [7, 11) is 1.96. The third-order valence-corrected chi connectivity index (χ3v) is 6.23. The van der Waals surface area contributed by atoms with E-state index >= 15 is 0 Å². The van der Waals surface area contributed by atoms with Gasteiger partial charge in [0, 0.05) is 18.8 Å². The van der Waals surface area contributed by atoms with Crippen molar-refractivity contribution in [3.05, 3.63) is 106 Å². The second kappa shape index (κ2) is 11.2. The van der Waals surface area contributed by atoms with E-state index in [1.54, 1.807) is 11.3 Å². The summed E-state index contributed by atoms with van der Waals surface area (Å²) in [5.74, 6) is 0. The maximum absolute atomic E-state index is 4.39. The van der Waals surface area contributed by atoms with Crippen molar-refractivity contribution in [3.8, 4) is 0 Å². The summed E-state index contributed by atoms with van der Waals surface area (Å²) >= 11 is 5.03. The summed E-state index contributed by atoms with van der Waals surface area (Å²) in [6.07, 6.45) is 1.98. The SMILES string of the molecule is C[n+]1cc(Br)sc1N=Nc1ccc(N(Cc2ccccc2)Cc2ccccc2)cc1.[Cl-]. The first kappa shape index (κ1) is 23.1. The van der Waals surface area contributed by atoms with E-state index in [9.17, 15) is 0 Å². The summed E-state index contributed by atoms with van der Waals surface area (Å²) in [6.45, 7) is 1.69. The van der Waals surface area contributed by atoms with Gasteiger partial charge in [-0.05, 0) is 67.8 Å². The van der Waals surface area contributed by atoms with Crippen LogP contribution in [0.3, 0.4) is 0 Å². The van der Waals surface area contributed by atoms with Crippen molar-refractivity contribution in [1.82, 2.24) is 0 Å². The Morgan fingerprint density at radius 3 is 1.84 bits per heavy atom. The molecule has 4 rings (SSSR count). The van der Waals surface area contributed by atoms with Crippen LogP contribution in [0, 0.1) is 0 Å². The lowest BCUT2D eigenvalue weighted by Gasteiger charge is -2.25. The number of rotatable bonds is 7. The molecule has 0 aliphatic carbocycles. The first-order valence-electron chi connectivity index (χ1n) is 9.67. The zero-order valence-electron chi connectivity index (χ0n) is 17.0. The van der Waals surface area contributed by atoms with Crippen molar-refractivity contribution in [2.45, 2.75) is 13.1 Å². The summed E-state index contributed by atoms with van der Waals surface area (Å²) in [6, 6.07) is 29.4. The third-order valence-electron chi connectivity index (χ3n) is 4.68. The number of hydrogen-bond acceptors (Lipinski definition) is 4. The maximum atomic E-state index is 4.39. The van der Waals surface area contributed by atoms with Gasteiger partial charge in [0.15, 0.2) is 0 Å². The normalized spacial score (nSPS) is 10.8. The van der Waals surface area contributed by atoms with Crippen LogP contribution in [-0.2, 0) is 20.1 Å². The lowest BCUT2D eigenvalue weighted by molar-refractivity contribution is -0.654. The van der Waals surface area contributed by atoms with Gasteiger partial charge in [-0.3, -0.25) is 0 Å². The van der Waals surface area contributed by atoms with E-state index in [1.807, 2.05) is 29.9 Å². The number of azo groups is 1. The van der Waals surface area contributed by atoms with Crippen LogP contribution >= 0.6 is 27.3 Å². The minimum absolute atomic E-state index is 0. The van der Waals surface area contributed by atoms with E-state index in [4.69, 9.17) is 0 Å². The highest BCUT2D eigenvalue weighted by Gasteiger charge is 2.12. The van der Waals surface area contributed by atoms with Crippen LogP contribution in [0.15, 0.2) is 105 Å². The van der Waals surface area contributed by atoms with Crippen LogP contribution in [0.5, 0.6) is 0 Å². The molecule has 0 spiro atoms. The molecule has 0 atom stereocenters. The largest absolute Gasteiger partial charge is 1.00 e. The highest BCUT2D eigenvalue weighted by molar-refractivity contribution is 9.11. The maximum Gasteiger partial charge on any atom is 0.409 e. The van der Waals surface area contributed by atoms with Gasteiger partial charge in [0.25, 0.3) is 0 Å². The lowest BCUT2D eigenvalue weighted by Crippen LogP contribution is -3.00. The molecule has 0 unspecified atom stereocenters. The Morgan fingerprint density at radius 2 is 1.35 bits per heavy atom. The zero-order valence-corrected chi connectivity index (χ0v) is 20.2. The number of hydrogen-bond donors (Lipinski definition) is 0. The Hall–Kier alpha value is -2.54. The number of halogens is 2. The van der Waals surface area contributed by atoms with Crippen LogP contribution in [-0.4, -0.2) is 0 Å². The van der Waals surface area contributed by atoms with Crippen LogP contribution in [0.2, 0.25) is 0 Å². The van der Waals surface area contributed by atoms with Crippen molar-refractivity contribution < 1.29 is 17.0 Å². The standard InChI is InChI=1S/C24H22BrN4S.ClH/c1-28-18-23(25)30-24(28)27-26-21-12-14-22(15-13-21)29(16-19-8-4-2-5-9-19)17-20-10-6-3-7-11-20;/h2-15,18H,16-17H2,1H3;1H/q+1;/p-1. The smallest absolute Gasteiger partial charge is 0.409 e. The molecule has 1 heterocycles. The number of aryl methyl sites for hydroxylation is 1. The second-order valence-corrected chi connectivity index (χ2v) is 9.36. The first-order valence-corrected chi connectivity index (χ1v) is 11.3. The van der Waals surface area contributed by atoms with Gasteiger partial charge in [0.2, 0.25) is 0 Å². The number of aromatic nitrogens is 1. The van der Waals surface area contributed by atoms with Gasteiger partial charge in [-0.1, -0.05) is 60.7 Å². The highest BCUT2D eigenvalue weighted by Crippen LogP contribution is 2.27. The molecule has 7 heteroatoms. The van der Waals surface area contributed by atoms with E-state index in [0.717, 1.165) is 33.4 Å². The molecule has 31 heavy (non-hydrogen) atoms. The minimum Gasteiger partial charge on any atom is -1.00 e. The van der Waals surface area contributed by atoms with Gasteiger partial charge in [0.05, 0.1) is 12.2 Å². The van der Waals surface area contributed by atoms with Crippen LogP contribution in [0.4, 0.5) is 16.5 Å². The average molecular weight is 514 g/mol. The van der Waals surface area contributed by atoms with Crippen molar-refractivity contribution in [1.29, 1.82) is 0 Å². The molecule has 4 nitrogen and oxygen atoms in total. The predicted molar refractivity (Wildman–Crippen MR) is 127 cm³/mol. The Bertz CT molecular complexity index is 1070. The fourth-order valence-corrected chi connectivity index (χ4v) is 4.57. The molecule has 0 fully saturated rings. The molecule has 1 aromatic heterocycles. The number of thiazole rings is 1. The predicted octanol–water partition coefficient (Wildman–Crippen LogP) is 3.96. The molecule has 0 radical (unpaired) electrons. The molecular weight excluding hydrogens is 492 g/mol. The fraction of sp³-hybridized carbons (Fsp3) is 0.125. The Kier molecular flexibility index (Phi) is 8.35. The lowest BCUT2D eigenvalue weighted by atomic mass is 10.1. The minimum atomic E-state index is 0. The zero-order chi connectivity index (χ0) is 20.8. The second-order valence-electron chi connectivity index (χ2n) is 6.97. The summed E-state index contributed by atoms with van der Waals surface area (Å²) in [5, 5.41) is 9.61. The molecule has 0 bridgehead atoms. The van der Waals surface area contributed by atoms with E-state index in [2.05, 4.69) is 104 Å². The molecule has 158 valence electrons. The van der Waals surface area contributed by atoms with Crippen LogP contribution < -0.4 is 21.9 Å². The first-order chi connectivity index (χ1) is 14.7. The molecule has 0 amide bonds. The molecule has 0 N–H and O–H groups in total. The van der Waals surface area contributed by atoms with Gasteiger partial charge in [0.1, 0.15) is 15.7 Å². The van der Waals surface area contributed by atoms with Gasteiger partial charge in [-0.2, -0.15) is 0 Å². The molecular formula is C24H22BrClN4S. The van der Waals surface area contributed by atoms with Crippen LogP contribution in [0.1, 0.15) is 11.1 Å². The average Bonchev–Trinajstić information content (AvgIpc) is 3.10. The number of benzene rings is 3. The summed E-state index contributed by atoms with van der Waals surface area (Å²) in [5.41, 5.74) is 4.56. The van der Waals surface area contributed by atoms with Crippen molar-refractivity contribution in [2.75, 3.05) is 4.90 Å². The number of anilines is 1. The van der Waals surface area contributed by atoms with Gasteiger partial charge >= 0.3 is 5.13 Å². The third kappa shape index (κ3) is 6.47. The van der Waals surface area contributed by atoms with Crippen LogP contribution in [0.25, 0.3) is 0 Å². The molecule has 0 saturated carbocycles. The molecule has 4 aromatic rings. The van der Waals surface area contributed by atoms with Crippen molar-refractivity contribution in [3.63, 3.8) is 0 Å². The Morgan fingerprint density at radius 1 is 0.806 bits per heavy atom. The Balaban J connectivity index is 0.00000272. The van der Waals surface area contributed by atoms with Gasteiger partial charge in [-0.25, -0.2) is 4.57 Å². The number of nitrogens with zero attached hydrogens (tertiary/aromatic N) is 4. The molecule has 0 aliphatic heterocycles. The topological polar surface area (TPSA) is 31.8 Å². The van der Waals surface area contributed by atoms with E-state index in [1.165, 1.54) is 11.1 Å². The summed E-state index contributed by atoms with van der Waals surface area (Å²) < 4.78 is 2.99. The van der Waals surface area contributed by atoms with Gasteiger partial charge < -0.3 is 17.3 Å². The molecule has 0 aliphatic rings. The Labute approximate surface area is 201 Å². The van der Waals surface area contributed by atoms with E-state index < -0.39 is 0 Å².